The van der Waals surface area contributed by atoms with Gasteiger partial charge in [0, 0.05) is 33.0 Å². The summed E-state index contributed by atoms with van der Waals surface area (Å²) in [5.74, 6) is 0.226. The van der Waals surface area contributed by atoms with E-state index in [0.29, 0.717) is 32.6 Å². The van der Waals surface area contributed by atoms with E-state index in [1.807, 2.05) is 0 Å². The molecule has 0 aliphatic heterocycles. The average molecular weight is 777 g/mol. The number of phenols is 2. The third-order valence-electron chi connectivity index (χ3n) is 4.54. The van der Waals surface area contributed by atoms with Crippen molar-refractivity contribution in [3.8, 4) is 11.5 Å². The van der Waals surface area contributed by atoms with E-state index in [9.17, 15) is 0 Å². The Labute approximate surface area is 259 Å². The summed E-state index contributed by atoms with van der Waals surface area (Å²) in [6.45, 7) is 0. The topological polar surface area (TPSA) is 106 Å². The molecule has 0 bridgehead atoms. The van der Waals surface area contributed by atoms with Crippen molar-refractivity contribution in [2.24, 2.45) is 10.3 Å². The standard InChI is InChI=1S/2C13H9ClNO2.2ClH.2Pd/c2*14-11-5-1-9(2-6-11)13(15-17)10-3-7-12(16)8-4-10;;;;/h2*1-3,5-8,16-17H;2*1H;;/q2*-1;;;2*+2/p-2/b2*15-13+;;;;. The summed E-state index contributed by atoms with van der Waals surface area (Å²) in [5.41, 5.74) is 3.38. The number of halogens is 4. The van der Waals surface area contributed by atoms with Crippen molar-refractivity contribution in [2.75, 3.05) is 0 Å². The molecule has 0 amide bonds. The van der Waals surface area contributed by atoms with Gasteiger partial charge in [-0.05, 0) is 35.4 Å². The molecule has 0 aliphatic rings. The molecule has 4 aromatic carbocycles. The van der Waals surface area contributed by atoms with Crippen molar-refractivity contribution in [3.63, 3.8) is 0 Å². The Bertz CT molecular complexity index is 1090. The SMILES string of the molecule is O/N=C(/c1[c-]cc(O)cc1)c1ccc(Cl)cc1.O/N=C(/c1[c-]cc(O)cc1)c1ccc(Cl)cc1.[Cl][Pd+].[Cl][Pd+]. The first-order chi connectivity index (χ1) is 18.4. The minimum atomic E-state index is 0.113. The van der Waals surface area contributed by atoms with Gasteiger partial charge in [-0.3, -0.25) is 0 Å². The molecule has 4 aromatic rings. The van der Waals surface area contributed by atoms with Crippen molar-refractivity contribution in [1.82, 2.24) is 0 Å². The van der Waals surface area contributed by atoms with E-state index >= 15 is 0 Å². The van der Waals surface area contributed by atoms with Crippen molar-refractivity contribution in [2.45, 2.75) is 0 Å². The van der Waals surface area contributed by atoms with Crippen LogP contribution in [0.3, 0.4) is 0 Å². The van der Waals surface area contributed by atoms with Crippen LogP contribution in [0.4, 0.5) is 0 Å². The number of rotatable bonds is 4. The number of phenolic OH excluding ortho intramolecular Hbond substituents is 2. The molecule has 0 heterocycles. The molecule has 12 heteroatoms. The number of nitrogens with zero attached hydrogens (tertiary/aromatic N) is 2. The van der Waals surface area contributed by atoms with E-state index in [2.05, 4.69) is 77.9 Å². The maximum absolute atomic E-state index is 9.17. The van der Waals surface area contributed by atoms with Crippen LogP contribution in [0.2, 0.25) is 10.0 Å². The predicted molar refractivity (Wildman–Crippen MR) is 143 cm³/mol. The summed E-state index contributed by atoms with van der Waals surface area (Å²) >= 11 is 16.0. The van der Waals surface area contributed by atoms with Gasteiger partial charge in [-0.1, -0.05) is 47.5 Å². The van der Waals surface area contributed by atoms with Gasteiger partial charge >= 0.3 is 55.4 Å². The molecule has 4 N–H and O–H groups in total. The zero-order valence-electron chi connectivity index (χ0n) is 18.9. The van der Waals surface area contributed by atoms with Crippen molar-refractivity contribution < 1.29 is 57.0 Å². The van der Waals surface area contributed by atoms with Crippen LogP contribution in [0, 0.1) is 12.1 Å². The fourth-order valence-corrected chi connectivity index (χ4v) is 3.13. The van der Waals surface area contributed by atoms with Gasteiger partial charge in [0.25, 0.3) is 0 Å². The second-order valence-corrected chi connectivity index (χ2v) is 7.70. The van der Waals surface area contributed by atoms with Crippen LogP contribution in [0.5, 0.6) is 11.5 Å². The summed E-state index contributed by atoms with van der Waals surface area (Å²) in [4.78, 5) is 0. The molecule has 6 nitrogen and oxygen atoms in total. The molecular weight excluding hydrogens is 759 g/mol. The Balaban J connectivity index is 0.000000336. The molecule has 4 rings (SSSR count). The summed E-state index contributed by atoms with van der Waals surface area (Å²) in [7, 11) is 8.98. The molecule has 38 heavy (non-hydrogen) atoms. The first kappa shape index (κ1) is 33.9. The first-order valence-electron chi connectivity index (χ1n) is 10.0. The number of hydrogen-bond acceptors (Lipinski definition) is 6. The molecule has 0 spiro atoms. The van der Waals surface area contributed by atoms with Gasteiger partial charge < -0.3 is 20.6 Å². The molecule has 0 saturated heterocycles. The van der Waals surface area contributed by atoms with Crippen LogP contribution in [0.1, 0.15) is 22.3 Å². The fourth-order valence-electron chi connectivity index (χ4n) is 2.88. The van der Waals surface area contributed by atoms with E-state index in [-0.39, 0.29) is 11.5 Å². The summed E-state index contributed by atoms with van der Waals surface area (Å²) in [6.07, 6.45) is 0. The molecule has 0 radical (unpaired) electrons. The molecule has 0 atom stereocenters. The van der Waals surface area contributed by atoms with Crippen LogP contribution < -0.4 is 0 Å². The normalized spacial score (nSPS) is 10.6. The van der Waals surface area contributed by atoms with Crippen LogP contribution in [-0.2, 0) is 36.4 Å². The number of oxime groups is 2. The third kappa shape index (κ3) is 10.9. The van der Waals surface area contributed by atoms with Gasteiger partial charge in [-0.15, -0.1) is 70.0 Å². The van der Waals surface area contributed by atoms with E-state index in [1.165, 1.54) is 24.3 Å². The fraction of sp³-hybridized carbons (Fsp3) is 0. The van der Waals surface area contributed by atoms with E-state index in [0.717, 1.165) is 11.1 Å². The van der Waals surface area contributed by atoms with Gasteiger partial charge in [-0.25, -0.2) is 0 Å². The summed E-state index contributed by atoms with van der Waals surface area (Å²) < 4.78 is 0. The van der Waals surface area contributed by atoms with Crippen LogP contribution in [0.25, 0.3) is 0 Å². The van der Waals surface area contributed by atoms with Gasteiger partial charge in [-0.2, -0.15) is 0 Å². The molecule has 0 unspecified atom stereocenters. The zero-order valence-corrected chi connectivity index (χ0v) is 25.0. The molecule has 204 valence electrons. The van der Waals surface area contributed by atoms with Gasteiger partial charge in [0.2, 0.25) is 0 Å². The van der Waals surface area contributed by atoms with Crippen molar-refractivity contribution >= 4 is 53.7 Å². The Hall–Kier alpha value is -2.10. The Kier molecular flexibility index (Phi) is 17.0. The molecular formula is C26H18Cl4N2O4Pd2. The maximum atomic E-state index is 9.17. The van der Waals surface area contributed by atoms with Gasteiger partial charge in [0.1, 0.15) is 0 Å². The minimum absolute atomic E-state index is 0.113. The molecule has 0 fully saturated rings. The molecule has 0 saturated carbocycles. The van der Waals surface area contributed by atoms with Gasteiger partial charge in [0.05, 0.1) is 0 Å². The monoisotopic (exact) mass is 774 g/mol. The molecule has 0 aliphatic carbocycles. The van der Waals surface area contributed by atoms with Crippen molar-refractivity contribution in [3.05, 3.63) is 129 Å². The predicted octanol–water partition coefficient (Wildman–Crippen LogP) is 7.52. The quantitative estimate of drug-likeness (QED) is 0.0566. The number of aromatic hydroxyl groups is 2. The summed E-state index contributed by atoms with van der Waals surface area (Å²) in [5, 5.41) is 44.1. The first-order valence-corrected chi connectivity index (χ1v) is 14.8. The van der Waals surface area contributed by atoms with E-state index in [1.54, 1.807) is 60.7 Å². The Morgan fingerprint density at radius 1 is 0.553 bits per heavy atom. The zero-order chi connectivity index (χ0) is 28.5. The van der Waals surface area contributed by atoms with Crippen molar-refractivity contribution in [1.29, 1.82) is 0 Å². The van der Waals surface area contributed by atoms with E-state index in [4.69, 9.17) is 43.8 Å². The van der Waals surface area contributed by atoms with Gasteiger partial charge in [0.15, 0.2) is 0 Å². The van der Waals surface area contributed by atoms with Crippen LogP contribution in [-0.4, -0.2) is 32.1 Å². The Morgan fingerprint density at radius 2 is 0.868 bits per heavy atom. The Morgan fingerprint density at radius 3 is 1.11 bits per heavy atom. The van der Waals surface area contributed by atoms with Crippen LogP contribution >= 0.6 is 42.3 Å². The average Bonchev–Trinajstić information content (AvgIpc) is 2.96. The number of hydrogen-bond donors (Lipinski definition) is 4. The number of benzene rings is 4. The van der Waals surface area contributed by atoms with Crippen LogP contribution in [0.15, 0.2) is 95.2 Å². The summed E-state index contributed by atoms with van der Waals surface area (Å²) in [6, 6.07) is 28.6. The molecule has 0 aromatic heterocycles. The second kappa shape index (κ2) is 19.0. The van der Waals surface area contributed by atoms with E-state index < -0.39 is 0 Å². The third-order valence-corrected chi connectivity index (χ3v) is 5.04. The second-order valence-electron chi connectivity index (χ2n) is 6.83.